The van der Waals surface area contributed by atoms with Gasteiger partial charge in [0, 0.05) is 17.3 Å². The average Bonchev–Trinajstić information content (AvgIpc) is 2.48. The maximum Gasteiger partial charge on any atom is 0.213 e. The Morgan fingerprint density at radius 2 is 1.55 bits per heavy atom. The summed E-state index contributed by atoms with van der Waals surface area (Å²) in [5.41, 5.74) is 4.57. The van der Waals surface area contributed by atoms with Crippen LogP contribution < -0.4 is 0 Å². The van der Waals surface area contributed by atoms with Crippen molar-refractivity contribution in [2.45, 2.75) is 6.92 Å². The smallest absolute Gasteiger partial charge is 0.213 e. The number of hydrogen-bond donors (Lipinski definition) is 0. The lowest BCUT2D eigenvalue weighted by Gasteiger charge is -2.04. The van der Waals surface area contributed by atoms with Crippen LogP contribution in [-0.4, -0.2) is 9.97 Å². The van der Waals surface area contributed by atoms with Crippen molar-refractivity contribution in [1.29, 1.82) is 0 Å². The van der Waals surface area contributed by atoms with Crippen LogP contribution in [0.15, 0.2) is 60.8 Å². The Morgan fingerprint density at radius 1 is 0.800 bits per heavy atom. The third-order valence-corrected chi connectivity index (χ3v) is 3.12. The lowest BCUT2D eigenvalue weighted by Crippen LogP contribution is -1.89. The van der Waals surface area contributed by atoms with E-state index in [0.29, 0.717) is 5.69 Å². The van der Waals surface area contributed by atoms with Gasteiger partial charge >= 0.3 is 0 Å². The van der Waals surface area contributed by atoms with Crippen molar-refractivity contribution in [2.75, 3.05) is 0 Å². The van der Waals surface area contributed by atoms with E-state index in [1.165, 1.54) is 11.6 Å². The zero-order valence-corrected chi connectivity index (χ0v) is 11.0. The summed E-state index contributed by atoms with van der Waals surface area (Å²) in [6, 6.07) is 16.8. The van der Waals surface area contributed by atoms with Crippen LogP contribution in [0.3, 0.4) is 0 Å². The normalized spacial score (nSPS) is 10.5. The van der Waals surface area contributed by atoms with Gasteiger partial charge in [-0.3, -0.25) is 4.98 Å². The zero-order valence-electron chi connectivity index (χ0n) is 11.0. The molecule has 0 atom stereocenters. The number of halogens is 1. The molecule has 2 heterocycles. The van der Waals surface area contributed by atoms with Gasteiger partial charge < -0.3 is 0 Å². The van der Waals surface area contributed by atoms with E-state index in [0.717, 1.165) is 16.8 Å². The van der Waals surface area contributed by atoms with Crippen molar-refractivity contribution in [3.8, 4) is 22.5 Å². The molecule has 0 bridgehead atoms. The topological polar surface area (TPSA) is 25.8 Å². The fourth-order valence-electron chi connectivity index (χ4n) is 2.01. The molecule has 0 N–H and O–H groups in total. The number of aryl methyl sites for hydroxylation is 1. The molecule has 0 amide bonds. The molecule has 0 fully saturated rings. The SMILES string of the molecule is Cc1ccc(-c2ccc(-c3cccc(F)n3)cn2)cc1. The number of pyridine rings is 2. The van der Waals surface area contributed by atoms with E-state index >= 15 is 0 Å². The molecule has 2 aromatic heterocycles. The second-order valence-corrected chi connectivity index (χ2v) is 4.64. The summed E-state index contributed by atoms with van der Waals surface area (Å²) in [6.07, 6.45) is 1.72. The van der Waals surface area contributed by atoms with Gasteiger partial charge in [0.1, 0.15) is 0 Å². The molecule has 20 heavy (non-hydrogen) atoms. The van der Waals surface area contributed by atoms with E-state index in [9.17, 15) is 4.39 Å². The third kappa shape index (κ3) is 2.57. The van der Waals surface area contributed by atoms with Crippen LogP contribution in [0.5, 0.6) is 0 Å². The summed E-state index contributed by atoms with van der Waals surface area (Å²) in [5, 5.41) is 0. The number of nitrogens with zero attached hydrogens (tertiary/aromatic N) is 2. The molecule has 0 aliphatic rings. The van der Waals surface area contributed by atoms with Gasteiger partial charge in [-0.15, -0.1) is 0 Å². The Bertz CT molecular complexity index is 719. The summed E-state index contributed by atoms with van der Waals surface area (Å²) >= 11 is 0. The number of aromatic nitrogens is 2. The molecule has 0 aliphatic carbocycles. The first-order chi connectivity index (χ1) is 9.72. The molecule has 0 unspecified atom stereocenters. The van der Waals surface area contributed by atoms with Crippen LogP contribution in [0.25, 0.3) is 22.5 Å². The van der Waals surface area contributed by atoms with E-state index in [2.05, 4.69) is 29.0 Å². The zero-order chi connectivity index (χ0) is 13.9. The van der Waals surface area contributed by atoms with E-state index in [1.807, 2.05) is 24.3 Å². The minimum absolute atomic E-state index is 0.481. The maximum atomic E-state index is 13.1. The average molecular weight is 264 g/mol. The molecule has 0 spiro atoms. The minimum Gasteiger partial charge on any atom is -0.256 e. The molecule has 0 saturated heterocycles. The summed E-state index contributed by atoms with van der Waals surface area (Å²) in [7, 11) is 0. The summed E-state index contributed by atoms with van der Waals surface area (Å²) < 4.78 is 13.1. The molecule has 0 saturated carbocycles. The van der Waals surface area contributed by atoms with Crippen LogP contribution in [0.1, 0.15) is 5.56 Å². The Morgan fingerprint density at radius 3 is 2.20 bits per heavy atom. The Hall–Kier alpha value is -2.55. The monoisotopic (exact) mass is 264 g/mol. The summed E-state index contributed by atoms with van der Waals surface area (Å²) in [6.45, 7) is 2.05. The van der Waals surface area contributed by atoms with Gasteiger partial charge in [-0.1, -0.05) is 35.9 Å². The predicted molar refractivity (Wildman–Crippen MR) is 77.6 cm³/mol. The molecule has 3 rings (SSSR count). The first-order valence-corrected chi connectivity index (χ1v) is 6.38. The van der Waals surface area contributed by atoms with Crippen molar-refractivity contribution < 1.29 is 4.39 Å². The fraction of sp³-hybridized carbons (Fsp3) is 0.0588. The van der Waals surface area contributed by atoms with Crippen molar-refractivity contribution in [2.24, 2.45) is 0 Å². The quantitative estimate of drug-likeness (QED) is 0.646. The molecular formula is C17H13FN2. The first-order valence-electron chi connectivity index (χ1n) is 6.38. The highest BCUT2D eigenvalue weighted by atomic mass is 19.1. The molecule has 3 heteroatoms. The standard InChI is InChI=1S/C17H13FN2/c1-12-5-7-13(8-6-12)15-10-9-14(11-19-15)16-3-2-4-17(18)20-16/h2-11H,1H3. The van der Waals surface area contributed by atoms with E-state index in [4.69, 9.17) is 0 Å². The van der Waals surface area contributed by atoms with Crippen molar-refractivity contribution in [3.05, 3.63) is 72.3 Å². The Kier molecular flexibility index (Phi) is 3.25. The van der Waals surface area contributed by atoms with Crippen molar-refractivity contribution in [3.63, 3.8) is 0 Å². The number of rotatable bonds is 2. The van der Waals surface area contributed by atoms with E-state index in [-0.39, 0.29) is 0 Å². The molecule has 1 aromatic carbocycles. The van der Waals surface area contributed by atoms with Crippen LogP contribution in [0.4, 0.5) is 4.39 Å². The number of hydrogen-bond acceptors (Lipinski definition) is 2. The number of benzene rings is 1. The van der Waals surface area contributed by atoms with Gasteiger partial charge in [0.15, 0.2) is 0 Å². The fourth-order valence-corrected chi connectivity index (χ4v) is 2.01. The van der Waals surface area contributed by atoms with Gasteiger partial charge in [0.25, 0.3) is 0 Å². The first kappa shape index (κ1) is 12.5. The molecule has 0 radical (unpaired) electrons. The second-order valence-electron chi connectivity index (χ2n) is 4.64. The van der Waals surface area contributed by atoms with Crippen LogP contribution >= 0.6 is 0 Å². The minimum atomic E-state index is -0.481. The van der Waals surface area contributed by atoms with Crippen molar-refractivity contribution in [1.82, 2.24) is 9.97 Å². The van der Waals surface area contributed by atoms with Crippen LogP contribution in [0, 0.1) is 12.9 Å². The molecule has 98 valence electrons. The van der Waals surface area contributed by atoms with Crippen LogP contribution in [0.2, 0.25) is 0 Å². The molecule has 0 aliphatic heterocycles. The van der Waals surface area contributed by atoms with Gasteiger partial charge in [-0.05, 0) is 31.2 Å². The molecular weight excluding hydrogens is 251 g/mol. The Balaban J connectivity index is 1.93. The second kappa shape index (κ2) is 5.21. The lowest BCUT2D eigenvalue weighted by molar-refractivity contribution is 0.585. The highest BCUT2D eigenvalue weighted by molar-refractivity contribution is 5.64. The highest BCUT2D eigenvalue weighted by Crippen LogP contribution is 2.21. The molecule has 3 aromatic rings. The maximum absolute atomic E-state index is 13.1. The van der Waals surface area contributed by atoms with Crippen LogP contribution in [-0.2, 0) is 0 Å². The Labute approximate surface area is 117 Å². The van der Waals surface area contributed by atoms with Crippen molar-refractivity contribution >= 4 is 0 Å². The largest absolute Gasteiger partial charge is 0.256 e. The highest BCUT2D eigenvalue weighted by Gasteiger charge is 2.03. The molecule has 2 nitrogen and oxygen atoms in total. The third-order valence-electron chi connectivity index (χ3n) is 3.12. The van der Waals surface area contributed by atoms with Gasteiger partial charge in [0.05, 0.1) is 11.4 Å². The predicted octanol–water partition coefficient (Wildman–Crippen LogP) is 4.26. The lowest BCUT2D eigenvalue weighted by atomic mass is 10.1. The summed E-state index contributed by atoms with van der Waals surface area (Å²) in [4.78, 5) is 8.27. The van der Waals surface area contributed by atoms with E-state index < -0.39 is 5.95 Å². The van der Waals surface area contributed by atoms with E-state index in [1.54, 1.807) is 18.3 Å². The van der Waals surface area contributed by atoms with Gasteiger partial charge in [-0.2, -0.15) is 4.39 Å². The summed E-state index contributed by atoms with van der Waals surface area (Å²) in [5.74, 6) is -0.481. The van der Waals surface area contributed by atoms with Gasteiger partial charge in [0.2, 0.25) is 5.95 Å². The van der Waals surface area contributed by atoms with Gasteiger partial charge in [-0.25, -0.2) is 4.98 Å².